The maximum Gasteiger partial charge on any atom is 0.303 e. The molecule has 0 amide bonds. The molecule has 5 nitrogen and oxygen atoms in total. The van der Waals surface area contributed by atoms with Crippen molar-refractivity contribution in [3.05, 3.63) is 59.5 Å². The molecule has 1 saturated heterocycles. The van der Waals surface area contributed by atoms with Gasteiger partial charge in [-0.3, -0.25) is 4.79 Å². The molecule has 2 aromatic carbocycles. The summed E-state index contributed by atoms with van der Waals surface area (Å²) in [6.07, 6.45) is 1.83. The first-order valence-electron chi connectivity index (χ1n) is 11.3. The van der Waals surface area contributed by atoms with E-state index in [2.05, 4.69) is 77.7 Å². The molecule has 1 N–H and O–H groups in total. The molecule has 0 aliphatic carbocycles. The van der Waals surface area contributed by atoms with E-state index >= 15 is 0 Å². The van der Waals surface area contributed by atoms with E-state index in [9.17, 15) is 4.79 Å². The molecule has 168 valence electrons. The fourth-order valence-corrected chi connectivity index (χ4v) is 5.01. The van der Waals surface area contributed by atoms with E-state index in [1.165, 1.54) is 16.7 Å². The van der Waals surface area contributed by atoms with E-state index in [-0.39, 0.29) is 6.42 Å². The molecule has 1 unspecified atom stereocenters. The SMILES string of the molecule is CC(CCC(=O)O)Cc1cccc(-c2ccc(-c3csc(N4CCN(C)CC4)n3)cc2)c1. The Labute approximate surface area is 194 Å². The van der Waals surface area contributed by atoms with Crippen molar-refractivity contribution >= 4 is 22.4 Å². The van der Waals surface area contributed by atoms with Crippen LogP contribution in [-0.4, -0.2) is 54.2 Å². The second kappa shape index (κ2) is 10.3. The molecule has 2 heterocycles. The average Bonchev–Trinajstić information content (AvgIpc) is 3.29. The Morgan fingerprint density at radius 2 is 1.78 bits per heavy atom. The molecule has 0 bridgehead atoms. The number of aromatic nitrogens is 1. The van der Waals surface area contributed by atoms with Gasteiger partial charge in [-0.25, -0.2) is 4.98 Å². The zero-order valence-electron chi connectivity index (χ0n) is 18.8. The zero-order chi connectivity index (χ0) is 22.5. The van der Waals surface area contributed by atoms with Crippen molar-refractivity contribution in [3.8, 4) is 22.4 Å². The third-order valence-corrected chi connectivity index (χ3v) is 7.04. The quantitative estimate of drug-likeness (QED) is 0.508. The minimum Gasteiger partial charge on any atom is -0.481 e. The Hall–Kier alpha value is -2.70. The maximum absolute atomic E-state index is 10.8. The average molecular weight is 450 g/mol. The Kier molecular flexibility index (Phi) is 7.22. The molecule has 4 rings (SSSR count). The van der Waals surface area contributed by atoms with E-state index in [1.807, 2.05) is 0 Å². The van der Waals surface area contributed by atoms with Crippen molar-refractivity contribution in [3.63, 3.8) is 0 Å². The van der Waals surface area contributed by atoms with Gasteiger partial charge in [0.05, 0.1) is 5.69 Å². The molecule has 0 radical (unpaired) electrons. The zero-order valence-corrected chi connectivity index (χ0v) is 19.6. The van der Waals surface area contributed by atoms with Gasteiger partial charge in [0, 0.05) is 43.5 Å². The predicted molar refractivity (Wildman–Crippen MR) is 132 cm³/mol. The lowest BCUT2D eigenvalue weighted by Gasteiger charge is -2.32. The van der Waals surface area contributed by atoms with Gasteiger partial charge in [0.25, 0.3) is 0 Å². The summed E-state index contributed by atoms with van der Waals surface area (Å²) in [4.78, 5) is 20.4. The van der Waals surface area contributed by atoms with Crippen LogP contribution in [0.5, 0.6) is 0 Å². The van der Waals surface area contributed by atoms with Crippen LogP contribution in [0.1, 0.15) is 25.3 Å². The van der Waals surface area contributed by atoms with Gasteiger partial charge in [-0.2, -0.15) is 0 Å². The van der Waals surface area contributed by atoms with Crippen molar-refractivity contribution in [1.29, 1.82) is 0 Å². The van der Waals surface area contributed by atoms with Gasteiger partial charge in [0.15, 0.2) is 5.13 Å². The van der Waals surface area contributed by atoms with Crippen LogP contribution >= 0.6 is 11.3 Å². The molecule has 6 heteroatoms. The number of nitrogens with zero attached hydrogens (tertiary/aromatic N) is 3. The van der Waals surface area contributed by atoms with E-state index in [1.54, 1.807) is 11.3 Å². The Bertz CT molecular complexity index is 1040. The number of anilines is 1. The summed E-state index contributed by atoms with van der Waals surface area (Å²) < 4.78 is 0. The minimum atomic E-state index is -0.721. The lowest BCUT2D eigenvalue weighted by atomic mass is 9.94. The van der Waals surface area contributed by atoms with Crippen LogP contribution < -0.4 is 4.90 Å². The number of carbonyl (C=O) groups is 1. The highest BCUT2D eigenvalue weighted by Crippen LogP contribution is 2.30. The van der Waals surface area contributed by atoms with Gasteiger partial charge in [0.2, 0.25) is 0 Å². The summed E-state index contributed by atoms with van der Waals surface area (Å²) in [7, 11) is 2.17. The monoisotopic (exact) mass is 449 g/mol. The number of piperazine rings is 1. The highest BCUT2D eigenvalue weighted by Gasteiger charge is 2.17. The fourth-order valence-electron chi connectivity index (χ4n) is 4.13. The summed E-state index contributed by atoms with van der Waals surface area (Å²) in [5.41, 5.74) is 5.81. The van der Waals surface area contributed by atoms with E-state index in [4.69, 9.17) is 10.1 Å². The highest BCUT2D eigenvalue weighted by atomic mass is 32.1. The first-order valence-corrected chi connectivity index (χ1v) is 12.2. The molecular formula is C26H31N3O2S. The van der Waals surface area contributed by atoms with Gasteiger partial charge >= 0.3 is 5.97 Å². The molecule has 1 fully saturated rings. The maximum atomic E-state index is 10.8. The number of hydrogen-bond donors (Lipinski definition) is 1. The molecule has 32 heavy (non-hydrogen) atoms. The van der Waals surface area contributed by atoms with Crippen LogP contribution in [0.4, 0.5) is 5.13 Å². The summed E-state index contributed by atoms with van der Waals surface area (Å²) in [5, 5.41) is 12.2. The smallest absolute Gasteiger partial charge is 0.303 e. The number of rotatable bonds is 8. The number of carboxylic acids is 1. The van der Waals surface area contributed by atoms with Crippen molar-refractivity contribution in [1.82, 2.24) is 9.88 Å². The van der Waals surface area contributed by atoms with Crippen LogP contribution in [0.2, 0.25) is 0 Å². The highest BCUT2D eigenvalue weighted by molar-refractivity contribution is 7.14. The number of likely N-dealkylation sites (N-methyl/N-ethyl adjacent to an activating group) is 1. The third-order valence-electron chi connectivity index (χ3n) is 6.14. The largest absolute Gasteiger partial charge is 0.481 e. The van der Waals surface area contributed by atoms with Gasteiger partial charge in [0.1, 0.15) is 0 Å². The topological polar surface area (TPSA) is 56.7 Å². The van der Waals surface area contributed by atoms with Crippen LogP contribution in [-0.2, 0) is 11.2 Å². The van der Waals surface area contributed by atoms with E-state index < -0.39 is 5.97 Å². The molecular weight excluding hydrogens is 418 g/mol. The number of carboxylic acid groups (broad SMARTS) is 1. The second-order valence-electron chi connectivity index (χ2n) is 8.83. The van der Waals surface area contributed by atoms with Crippen molar-refractivity contribution in [2.45, 2.75) is 26.2 Å². The molecule has 0 spiro atoms. The Morgan fingerprint density at radius 3 is 2.50 bits per heavy atom. The van der Waals surface area contributed by atoms with Gasteiger partial charge in [-0.05, 0) is 42.5 Å². The van der Waals surface area contributed by atoms with Crippen molar-refractivity contribution in [2.75, 3.05) is 38.1 Å². The molecule has 1 aliphatic rings. The number of thiazole rings is 1. The molecule has 1 aliphatic heterocycles. The number of benzene rings is 2. The summed E-state index contributed by atoms with van der Waals surface area (Å²) in [6, 6.07) is 17.2. The van der Waals surface area contributed by atoms with Crippen molar-refractivity contribution < 1.29 is 9.90 Å². The Morgan fingerprint density at radius 1 is 1.06 bits per heavy atom. The first-order chi connectivity index (χ1) is 15.5. The third kappa shape index (κ3) is 5.75. The molecule has 3 aromatic rings. The van der Waals surface area contributed by atoms with E-state index in [0.717, 1.165) is 49.0 Å². The fraction of sp³-hybridized carbons (Fsp3) is 0.385. The summed E-state index contributed by atoms with van der Waals surface area (Å²) in [5.74, 6) is -0.371. The van der Waals surface area contributed by atoms with Crippen LogP contribution in [0.15, 0.2) is 53.9 Å². The number of aliphatic carboxylic acids is 1. The van der Waals surface area contributed by atoms with Crippen LogP contribution in [0, 0.1) is 5.92 Å². The normalized spacial score (nSPS) is 15.6. The van der Waals surface area contributed by atoms with E-state index in [0.29, 0.717) is 12.3 Å². The molecule has 1 atom stereocenters. The van der Waals surface area contributed by atoms with Gasteiger partial charge in [-0.15, -0.1) is 11.3 Å². The number of hydrogen-bond acceptors (Lipinski definition) is 5. The van der Waals surface area contributed by atoms with Gasteiger partial charge in [-0.1, -0.05) is 55.5 Å². The molecule has 0 saturated carbocycles. The standard InChI is InChI=1S/C26H31N3O2S/c1-19(6-11-25(30)31)16-20-4-3-5-23(17-20)21-7-9-22(10-8-21)24-18-32-26(27-24)29-14-12-28(2)13-15-29/h3-5,7-10,17-19H,6,11-16H2,1-2H3,(H,30,31). The Balaban J connectivity index is 1.42. The predicted octanol–water partition coefficient (Wildman–Crippen LogP) is 5.27. The van der Waals surface area contributed by atoms with Crippen molar-refractivity contribution in [2.24, 2.45) is 5.92 Å². The molecule has 1 aromatic heterocycles. The van der Waals surface area contributed by atoms with Gasteiger partial charge < -0.3 is 14.9 Å². The first kappa shape index (κ1) is 22.5. The minimum absolute atomic E-state index is 0.232. The van der Waals surface area contributed by atoms with Crippen LogP contribution in [0.3, 0.4) is 0 Å². The summed E-state index contributed by atoms with van der Waals surface area (Å²) >= 11 is 1.73. The second-order valence-corrected chi connectivity index (χ2v) is 9.66. The lowest BCUT2D eigenvalue weighted by molar-refractivity contribution is -0.137. The van der Waals surface area contributed by atoms with Crippen LogP contribution in [0.25, 0.3) is 22.4 Å². The lowest BCUT2D eigenvalue weighted by Crippen LogP contribution is -2.44. The summed E-state index contributed by atoms with van der Waals surface area (Å²) in [6.45, 7) is 6.36.